The van der Waals surface area contributed by atoms with Crippen molar-refractivity contribution in [2.45, 2.75) is 16.7 Å². The first-order valence-electron chi connectivity index (χ1n) is 11.4. The van der Waals surface area contributed by atoms with Gasteiger partial charge in [-0.1, -0.05) is 19.7 Å². The van der Waals surface area contributed by atoms with Crippen molar-refractivity contribution in [2.24, 2.45) is 10.2 Å². The SMILES string of the molecule is C=CS(=O)(=O)CCNc1nc(NCCS(=O)(=O)C=C)c(/N=N/c2ccc(S(=O)(=O)C=C)cc2S(=O)(=O)O)c(C)c1C#N. The van der Waals surface area contributed by atoms with Crippen LogP contribution in [0, 0.1) is 18.3 Å². The summed E-state index contributed by atoms with van der Waals surface area (Å²) < 4.78 is 105. The Morgan fingerprint density at radius 1 is 0.905 bits per heavy atom. The van der Waals surface area contributed by atoms with Gasteiger partial charge in [-0.3, -0.25) is 4.55 Å². The molecule has 1 aromatic heterocycles. The molecular weight excluding hydrogens is 633 g/mol. The third-order valence-corrected chi connectivity index (χ3v) is 10.2. The molecule has 0 aliphatic carbocycles. The minimum atomic E-state index is -5.01. The average molecular weight is 659 g/mol. The van der Waals surface area contributed by atoms with E-state index in [2.05, 4.69) is 45.6 Å². The van der Waals surface area contributed by atoms with E-state index in [4.69, 9.17) is 0 Å². The number of hydrogen-bond acceptors (Lipinski definition) is 14. The van der Waals surface area contributed by atoms with Crippen LogP contribution in [0.3, 0.4) is 0 Å². The Morgan fingerprint density at radius 3 is 1.93 bits per heavy atom. The van der Waals surface area contributed by atoms with Crippen LogP contribution in [0.5, 0.6) is 0 Å². The minimum absolute atomic E-state index is 0.0695. The molecule has 0 saturated heterocycles. The van der Waals surface area contributed by atoms with Crippen LogP contribution in [0.4, 0.5) is 23.0 Å². The summed E-state index contributed by atoms with van der Waals surface area (Å²) in [6, 6.07) is 4.54. The van der Waals surface area contributed by atoms with Gasteiger partial charge in [0.2, 0.25) is 0 Å². The van der Waals surface area contributed by atoms with Crippen molar-refractivity contribution in [1.29, 1.82) is 5.26 Å². The highest BCUT2D eigenvalue weighted by molar-refractivity contribution is 7.94. The minimum Gasteiger partial charge on any atom is -0.368 e. The summed E-state index contributed by atoms with van der Waals surface area (Å²) in [5.41, 5.74) is -0.586. The lowest BCUT2D eigenvalue weighted by atomic mass is 10.1. The van der Waals surface area contributed by atoms with Crippen LogP contribution in [-0.4, -0.2) is 67.8 Å². The number of sulfone groups is 3. The van der Waals surface area contributed by atoms with E-state index >= 15 is 0 Å². The van der Waals surface area contributed by atoms with Crippen LogP contribution in [-0.2, 0) is 39.6 Å². The van der Waals surface area contributed by atoms with Crippen molar-refractivity contribution < 1.29 is 38.2 Å². The fraction of sp³-hybridized carbons (Fsp3) is 0.217. The van der Waals surface area contributed by atoms with Gasteiger partial charge in [-0.25, -0.2) is 30.2 Å². The van der Waals surface area contributed by atoms with E-state index in [9.17, 15) is 43.5 Å². The van der Waals surface area contributed by atoms with Crippen LogP contribution in [0.25, 0.3) is 0 Å². The van der Waals surface area contributed by atoms with E-state index in [-0.39, 0.29) is 47.3 Å². The fourth-order valence-electron chi connectivity index (χ4n) is 3.16. The Morgan fingerprint density at radius 2 is 1.45 bits per heavy atom. The number of rotatable bonds is 15. The number of nitrogens with zero attached hydrogens (tertiary/aromatic N) is 4. The number of nitriles is 1. The highest BCUT2D eigenvalue weighted by atomic mass is 32.2. The maximum absolute atomic E-state index is 12.1. The van der Waals surface area contributed by atoms with Gasteiger partial charge >= 0.3 is 0 Å². The van der Waals surface area contributed by atoms with E-state index in [1.54, 1.807) is 0 Å². The molecule has 0 fully saturated rings. The number of benzene rings is 1. The Labute approximate surface area is 243 Å². The molecule has 0 aliphatic heterocycles. The predicted octanol–water partition coefficient (Wildman–Crippen LogP) is 2.78. The predicted molar refractivity (Wildman–Crippen MR) is 156 cm³/mol. The second kappa shape index (κ2) is 13.3. The van der Waals surface area contributed by atoms with Gasteiger partial charge in [-0.2, -0.15) is 13.7 Å². The number of nitrogens with one attached hydrogen (secondary N) is 2. The molecule has 3 N–H and O–H groups in total. The van der Waals surface area contributed by atoms with Crippen molar-refractivity contribution >= 4 is 62.6 Å². The van der Waals surface area contributed by atoms with Gasteiger partial charge < -0.3 is 10.6 Å². The first kappa shape index (κ1) is 34.2. The second-order valence-electron chi connectivity index (χ2n) is 8.21. The maximum atomic E-state index is 12.1. The van der Waals surface area contributed by atoms with Crippen molar-refractivity contribution in [3.05, 3.63) is 65.3 Å². The van der Waals surface area contributed by atoms with Gasteiger partial charge in [0.1, 0.15) is 28.2 Å². The molecule has 42 heavy (non-hydrogen) atoms. The molecule has 0 spiro atoms. The Bertz CT molecular complexity index is 1930. The summed E-state index contributed by atoms with van der Waals surface area (Å²) in [6.45, 7) is 10.6. The standard InChI is InChI=1S/C23H26N6O9S4/c1-5-39(30,31)12-10-25-22-18(15-24)16(4)21(23(27-22)26-11-13-40(32,33)6-2)29-28-19-9-8-17(41(34,35)7-3)14-20(19)42(36,37)38/h5-9,14H,1-3,10-13H2,4H3,(H2,25,26,27)(H,36,37,38)/b29-28+. The summed E-state index contributed by atoms with van der Waals surface area (Å²) in [6.07, 6.45) is 0. The quantitative estimate of drug-likeness (QED) is 0.184. The van der Waals surface area contributed by atoms with Gasteiger partial charge in [0.15, 0.2) is 35.3 Å². The average Bonchev–Trinajstić information content (AvgIpc) is 2.92. The number of hydrogen-bond donors (Lipinski definition) is 3. The molecule has 0 amide bonds. The zero-order valence-corrected chi connectivity index (χ0v) is 25.3. The topological polar surface area (TPSA) is 242 Å². The van der Waals surface area contributed by atoms with E-state index in [0.717, 1.165) is 22.9 Å². The van der Waals surface area contributed by atoms with Gasteiger partial charge in [0, 0.05) is 34.9 Å². The molecular formula is C23H26N6O9S4. The first-order chi connectivity index (χ1) is 19.4. The molecule has 1 aromatic carbocycles. The smallest absolute Gasteiger partial charge is 0.296 e. The Hall–Kier alpha value is -3.96. The zero-order chi connectivity index (χ0) is 31.9. The number of pyridine rings is 1. The highest BCUT2D eigenvalue weighted by Crippen LogP contribution is 2.36. The molecule has 0 aliphatic rings. The van der Waals surface area contributed by atoms with E-state index in [1.807, 2.05) is 6.07 Å². The van der Waals surface area contributed by atoms with Crippen molar-refractivity contribution in [3.63, 3.8) is 0 Å². The van der Waals surface area contributed by atoms with Crippen LogP contribution >= 0.6 is 0 Å². The van der Waals surface area contributed by atoms with Crippen LogP contribution in [0.2, 0.25) is 0 Å². The van der Waals surface area contributed by atoms with E-state index in [1.165, 1.54) is 6.92 Å². The molecule has 19 heteroatoms. The summed E-state index contributed by atoms with van der Waals surface area (Å²) in [5.74, 6) is -0.983. The van der Waals surface area contributed by atoms with Crippen molar-refractivity contribution in [3.8, 4) is 6.07 Å². The number of anilines is 2. The maximum Gasteiger partial charge on any atom is 0.296 e. The van der Waals surface area contributed by atoms with Crippen LogP contribution < -0.4 is 10.6 Å². The van der Waals surface area contributed by atoms with Crippen molar-refractivity contribution in [1.82, 2.24) is 4.98 Å². The van der Waals surface area contributed by atoms with Crippen LogP contribution in [0.15, 0.2) is 74.2 Å². The molecule has 0 bridgehead atoms. The third kappa shape index (κ3) is 8.77. The normalized spacial score (nSPS) is 12.4. The summed E-state index contributed by atoms with van der Waals surface area (Å²) in [5, 5.41) is 25.2. The lowest BCUT2D eigenvalue weighted by Crippen LogP contribution is -2.17. The third-order valence-electron chi connectivity index (χ3n) is 5.41. The number of aromatic nitrogens is 1. The lowest BCUT2D eigenvalue weighted by Gasteiger charge is -2.15. The molecule has 0 atom stereocenters. The number of azo groups is 1. The molecule has 226 valence electrons. The Kier molecular flexibility index (Phi) is 10.9. The molecule has 2 rings (SSSR count). The molecule has 0 saturated carbocycles. The summed E-state index contributed by atoms with van der Waals surface area (Å²) in [4.78, 5) is 2.85. The summed E-state index contributed by atoms with van der Waals surface area (Å²) in [7, 11) is -16.3. The van der Waals surface area contributed by atoms with Gasteiger partial charge in [-0.05, 0) is 25.1 Å². The molecule has 1 heterocycles. The van der Waals surface area contributed by atoms with Gasteiger partial charge in [0.25, 0.3) is 10.1 Å². The monoisotopic (exact) mass is 658 g/mol. The fourth-order valence-corrected chi connectivity index (χ4v) is 5.72. The highest BCUT2D eigenvalue weighted by Gasteiger charge is 2.22. The van der Waals surface area contributed by atoms with Gasteiger partial charge in [0.05, 0.1) is 22.0 Å². The Balaban J connectivity index is 2.69. The van der Waals surface area contributed by atoms with Crippen molar-refractivity contribution in [2.75, 3.05) is 35.2 Å². The second-order valence-corrected chi connectivity index (χ2v) is 15.6. The first-order valence-corrected chi connectivity index (χ1v) is 17.9. The molecule has 15 nitrogen and oxygen atoms in total. The van der Waals surface area contributed by atoms with E-state index < -0.39 is 60.9 Å². The van der Waals surface area contributed by atoms with Gasteiger partial charge in [-0.15, -0.1) is 10.2 Å². The molecule has 0 unspecified atom stereocenters. The molecule has 2 aromatic rings. The largest absolute Gasteiger partial charge is 0.368 e. The summed E-state index contributed by atoms with van der Waals surface area (Å²) >= 11 is 0. The zero-order valence-electron chi connectivity index (χ0n) is 22.0. The van der Waals surface area contributed by atoms with Crippen LogP contribution in [0.1, 0.15) is 11.1 Å². The lowest BCUT2D eigenvalue weighted by molar-refractivity contribution is 0.483. The van der Waals surface area contributed by atoms with E-state index in [0.29, 0.717) is 11.5 Å². The molecule has 0 radical (unpaired) electrons.